The molecule has 8 rings (SSSR count). The van der Waals surface area contributed by atoms with Crippen molar-refractivity contribution in [1.29, 1.82) is 0 Å². The van der Waals surface area contributed by atoms with Gasteiger partial charge in [-0.1, -0.05) is 205 Å². The van der Waals surface area contributed by atoms with Gasteiger partial charge >= 0.3 is 0 Å². The number of ether oxygens (including phenoxy) is 3. The Morgan fingerprint density at radius 3 is 0.970 bits per heavy atom. The van der Waals surface area contributed by atoms with Crippen LogP contribution in [0.5, 0.6) is 0 Å². The van der Waals surface area contributed by atoms with Crippen LogP contribution in [0.15, 0.2) is 54.7 Å². The highest BCUT2D eigenvalue weighted by Gasteiger charge is 2.22. The largest absolute Gasteiger partial charge is 0.381 e. The number of aromatic nitrogens is 1. The fourth-order valence-electron chi connectivity index (χ4n) is 9.12. The minimum Gasteiger partial charge on any atom is -0.381 e. The summed E-state index contributed by atoms with van der Waals surface area (Å²) < 4.78 is 15.7. The lowest BCUT2D eigenvalue weighted by Crippen LogP contribution is -2.12. The van der Waals surface area contributed by atoms with Crippen LogP contribution in [0.25, 0.3) is 0 Å². The second-order valence-corrected chi connectivity index (χ2v) is 23.9. The second kappa shape index (κ2) is 38.1. The third-order valence-electron chi connectivity index (χ3n) is 14.3. The average Bonchev–Trinajstić information content (AvgIpc) is 3.91. The predicted molar refractivity (Wildman–Crippen MR) is 291 cm³/mol. The molecule has 0 bridgehead atoms. The number of hydrogen-bond donors (Lipinski definition) is 0. The van der Waals surface area contributed by atoms with Crippen molar-refractivity contribution in [3.05, 3.63) is 66.0 Å². The molecule has 3 atom stereocenters. The molecule has 1 aromatic carbocycles. The van der Waals surface area contributed by atoms with E-state index >= 15 is 0 Å². The van der Waals surface area contributed by atoms with Gasteiger partial charge in [0.25, 0.3) is 0 Å². The maximum absolute atomic E-state index is 5.22. The average molecular weight is 921 g/mol. The van der Waals surface area contributed by atoms with E-state index in [9.17, 15) is 0 Å². The number of pyridine rings is 1. The molecule has 0 radical (unpaired) electrons. The third-order valence-corrected chi connectivity index (χ3v) is 14.3. The molecule has 4 heteroatoms. The van der Waals surface area contributed by atoms with Gasteiger partial charge in [0.15, 0.2) is 0 Å². The summed E-state index contributed by atoms with van der Waals surface area (Å²) in [5.41, 5.74) is 2.58. The lowest BCUT2D eigenvalue weighted by molar-refractivity contribution is 0.176. The molecule has 1 unspecified atom stereocenters. The molecule has 2 aromatic rings. The molecule has 0 N–H and O–H groups in total. The number of nitrogens with zero attached hydrogens (tertiary/aromatic N) is 1. The summed E-state index contributed by atoms with van der Waals surface area (Å²) in [6.45, 7) is 42.1. The van der Waals surface area contributed by atoms with Crippen molar-refractivity contribution in [3.63, 3.8) is 0 Å². The maximum Gasteiger partial charge on any atom is 0.0497 e. The summed E-state index contributed by atoms with van der Waals surface area (Å²) in [5.74, 6) is 12.3. The van der Waals surface area contributed by atoms with Crippen molar-refractivity contribution < 1.29 is 14.2 Å². The molecule has 384 valence electrons. The summed E-state index contributed by atoms with van der Waals surface area (Å²) in [6.07, 6.45) is 23.6. The minimum absolute atomic E-state index is 0.547. The quantitative estimate of drug-likeness (QED) is 0.225. The fourth-order valence-corrected chi connectivity index (χ4v) is 9.12. The highest BCUT2D eigenvalue weighted by Crippen LogP contribution is 2.35. The molecule has 3 saturated carbocycles. The normalized spacial score (nSPS) is 21.3. The zero-order chi connectivity index (χ0) is 49.3. The summed E-state index contributed by atoms with van der Waals surface area (Å²) in [4.78, 5) is 4.18. The Kier molecular flexibility index (Phi) is 35.9. The Morgan fingerprint density at radius 1 is 0.409 bits per heavy atom. The molecule has 3 aliphatic carbocycles. The molecular formula is C62H113NO3. The first-order valence-electron chi connectivity index (χ1n) is 28.1. The zero-order valence-corrected chi connectivity index (χ0v) is 46.8. The molecule has 0 spiro atoms. The van der Waals surface area contributed by atoms with Crippen molar-refractivity contribution in [1.82, 2.24) is 4.98 Å². The molecule has 4 nitrogen and oxygen atoms in total. The smallest absolute Gasteiger partial charge is 0.0497 e. The van der Waals surface area contributed by atoms with Gasteiger partial charge in [-0.2, -0.15) is 0 Å². The summed E-state index contributed by atoms with van der Waals surface area (Å²) in [6, 6.07) is 16.5. The Hall–Kier alpha value is -1.75. The second-order valence-electron chi connectivity index (χ2n) is 23.9. The Bertz CT molecular complexity index is 1210. The van der Waals surface area contributed by atoms with Crippen LogP contribution >= 0.6 is 0 Å². The third kappa shape index (κ3) is 33.7. The topological polar surface area (TPSA) is 40.6 Å². The first-order chi connectivity index (χ1) is 31.4. The van der Waals surface area contributed by atoms with Gasteiger partial charge in [-0.15, -0.1) is 0 Å². The van der Waals surface area contributed by atoms with E-state index in [1.807, 2.05) is 30.5 Å². The van der Waals surface area contributed by atoms with Crippen molar-refractivity contribution in [2.24, 2.45) is 71.0 Å². The van der Waals surface area contributed by atoms with Gasteiger partial charge in [0.1, 0.15) is 0 Å². The van der Waals surface area contributed by atoms with Crippen LogP contribution in [-0.2, 0) is 14.2 Å². The molecule has 6 fully saturated rings. The highest BCUT2D eigenvalue weighted by molar-refractivity contribution is 5.17. The van der Waals surface area contributed by atoms with Crippen LogP contribution in [-0.4, -0.2) is 44.6 Å². The van der Waals surface area contributed by atoms with Gasteiger partial charge in [-0.25, -0.2) is 0 Å². The van der Waals surface area contributed by atoms with Gasteiger partial charge in [0.05, 0.1) is 0 Å². The predicted octanol–water partition coefficient (Wildman–Crippen LogP) is 18.5. The Morgan fingerprint density at radius 2 is 0.773 bits per heavy atom. The minimum atomic E-state index is 0.547. The van der Waals surface area contributed by atoms with Crippen molar-refractivity contribution >= 4 is 0 Å². The van der Waals surface area contributed by atoms with Gasteiger partial charge in [-0.05, 0) is 139 Å². The Balaban J connectivity index is 0.000000378. The maximum atomic E-state index is 5.22. The SMILES string of the molecule is CC(C)C1CCOC1.CC(C)CC1CC1.CC(C)CC1CCC1.CC(C)CC1CCCC1.CC(C)[C@@H]1CCOC1.CC(C)[C@H]1CCOC1.CC(C)c1ccccc1.CC(C)c1ccccn1. The van der Waals surface area contributed by atoms with Crippen molar-refractivity contribution in [2.75, 3.05) is 39.6 Å². The first-order valence-corrected chi connectivity index (χ1v) is 28.1. The van der Waals surface area contributed by atoms with Gasteiger partial charge < -0.3 is 14.2 Å². The van der Waals surface area contributed by atoms with E-state index in [1.165, 1.54) is 102 Å². The van der Waals surface area contributed by atoms with Gasteiger partial charge in [0, 0.05) is 51.5 Å². The standard InChI is InChI=1S/C9H18.C9H12.C8H11N.C8H16.3C7H14O.C7H14/c1-8(2)7-9-5-3-4-6-9;1-8(2)9-6-4-3-5-7-9;1-7(2)8-5-3-4-6-9-8;1-7(2)6-8-4-3-5-8;3*1-6(2)7-3-4-8-5-7;1-6(2)5-7-3-4-7/h8-9H,3-7H2,1-2H3;3-8H,1-2H3;3-7H,1-2H3;7-8H,3-6H2,1-2H3;3*6-7H,3-5H2,1-2H3;6-7H,3-5H2,1-2H3/t;;;;2*7-;;/m....10../s1. The van der Waals surface area contributed by atoms with E-state index in [1.54, 1.807) is 0 Å². The van der Waals surface area contributed by atoms with E-state index in [2.05, 4.69) is 140 Å². The lowest BCUT2D eigenvalue weighted by Gasteiger charge is -2.26. The van der Waals surface area contributed by atoms with Crippen LogP contribution < -0.4 is 0 Å². The zero-order valence-electron chi connectivity index (χ0n) is 46.8. The number of benzene rings is 1. The fraction of sp³-hybridized carbons (Fsp3) is 0.823. The number of hydrogen-bond acceptors (Lipinski definition) is 4. The van der Waals surface area contributed by atoms with Crippen molar-refractivity contribution in [2.45, 2.75) is 219 Å². The molecular weight excluding hydrogens is 807 g/mol. The van der Waals surface area contributed by atoms with E-state index in [4.69, 9.17) is 14.2 Å². The van der Waals surface area contributed by atoms with Crippen LogP contribution in [0.3, 0.4) is 0 Å². The summed E-state index contributed by atoms with van der Waals surface area (Å²) >= 11 is 0. The van der Waals surface area contributed by atoms with E-state index in [0.29, 0.717) is 11.8 Å². The van der Waals surface area contributed by atoms with Crippen LogP contribution in [0, 0.1) is 71.0 Å². The van der Waals surface area contributed by atoms with Crippen LogP contribution in [0.2, 0.25) is 0 Å². The molecule has 1 aromatic heterocycles. The van der Waals surface area contributed by atoms with Crippen LogP contribution in [0.4, 0.5) is 0 Å². The molecule has 66 heavy (non-hydrogen) atoms. The van der Waals surface area contributed by atoms with E-state index in [-0.39, 0.29) is 0 Å². The Labute approximate surface area is 413 Å². The van der Waals surface area contributed by atoms with E-state index < -0.39 is 0 Å². The molecule has 6 aliphatic rings. The van der Waals surface area contributed by atoms with Crippen LogP contribution in [0.1, 0.15) is 230 Å². The number of rotatable bonds is 11. The molecule has 4 heterocycles. The van der Waals surface area contributed by atoms with Gasteiger partial charge in [0.2, 0.25) is 0 Å². The van der Waals surface area contributed by atoms with Crippen molar-refractivity contribution in [3.8, 4) is 0 Å². The highest BCUT2D eigenvalue weighted by atomic mass is 16.5. The summed E-state index contributed by atoms with van der Waals surface area (Å²) in [7, 11) is 0. The first kappa shape index (κ1) is 62.3. The van der Waals surface area contributed by atoms with E-state index in [0.717, 1.165) is 116 Å². The lowest BCUT2D eigenvalue weighted by atomic mass is 9.80. The van der Waals surface area contributed by atoms with Gasteiger partial charge in [-0.3, -0.25) is 4.98 Å². The molecule has 3 saturated heterocycles. The summed E-state index contributed by atoms with van der Waals surface area (Å²) in [5, 5.41) is 0. The monoisotopic (exact) mass is 920 g/mol. The molecule has 3 aliphatic heterocycles. The molecule has 0 amide bonds.